The molecule has 1 aliphatic heterocycles. The second-order valence-corrected chi connectivity index (χ2v) is 3.36. The fraction of sp³-hybridized carbons (Fsp3) is 0.400. The Balaban J connectivity index is 2.62. The van der Waals surface area contributed by atoms with Crippen LogP contribution in [0.1, 0.15) is 25.3 Å². The van der Waals surface area contributed by atoms with Crippen molar-refractivity contribution in [2.75, 3.05) is 6.67 Å². The smallest absolute Gasteiger partial charge is 0.130 e. The monoisotopic (exact) mass is 160 g/mol. The Morgan fingerprint density at radius 2 is 1.92 bits per heavy atom. The van der Waals surface area contributed by atoms with Gasteiger partial charge in [-0.1, -0.05) is 19.9 Å². The Morgan fingerprint density at radius 1 is 1.17 bits per heavy atom. The van der Waals surface area contributed by atoms with Crippen molar-refractivity contribution >= 4 is 0 Å². The summed E-state index contributed by atoms with van der Waals surface area (Å²) in [7, 11) is 0. The van der Waals surface area contributed by atoms with Gasteiger partial charge < -0.3 is 0 Å². The number of rotatable bonds is 1. The SMILES string of the molecule is CC(C)c1ccc2c(c1)=NCN=2. The van der Waals surface area contributed by atoms with Crippen LogP contribution in [0.25, 0.3) is 0 Å². The maximum Gasteiger partial charge on any atom is 0.130 e. The quantitative estimate of drug-likeness (QED) is 0.586. The molecule has 1 aliphatic rings. The summed E-state index contributed by atoms with van der Waals surface area (Å²) >= 11 is 0. The lowest BCUT2D eigenvalue weighted by atomic mass is 10.0. The third-order valence-corrected chi connectivity index (χ3v) is 2.15. The van der Waals surface area contributed by atoms with E-state index in [1.165, 1.54) is 5.56 Å². The minimum Gasteiger partial charge on any atom is -0.260 e. The fourth-order valence-corrected chi connectivity index (χ4v) is 1.35. The van der Waals surface area contributed by atoms with Crippen LogP contribution in [0.3, 0.4) is 0 Å². The first-order valence-electron chi connectivity index (χ1n) is 4.26. The average molecular weight is 160 g/mol. The Morgan fingerprint density at radius 3 is 2.67 bits per heavy atom. The van der Waals surface area contributed by atoms with Crippen molar-refractivity contribution in [3.63, 3.8) is 0 Å². The Bertz CT molecular complexity index is 404. The molecule has 2 heteroatoms. The molecule has 1 aromatic carbocycles. The zero-order valence-electron chi connectivity index (χ0n) is 7.41. The summed E-state index contributed by atoms with van der Waals surface area (Å²) in [6.07, 6.45) is 0. The van der Waals surface area contributed by atoms with Crippen molar-refractivity contribution in [3.05, 3.63) is 34.5 Å². The molecule has 0 N–H and O–H groups in total. The summed E-state index contributed by atoms with van der Waals surface area (Å²) in [5, 5.41) is 2.10. The van der Waals surface area contributed by atoms with E-state index in [0.29, 0.717) is 12.6 Å². The Labute approximate surface area is 71.7 Å². The van der Waals surface area contributed by atoms with Gasteiger partial charge >= 0.3 is 0 Å². The normalized spacial score (nSPS) is 13.9. The molecule has 0 atom stereocenters. The van der Waals surface area contributed by atoms with E-state index in [1.54, 1.807) is 0 Å². The van der Waals surface area contributed by atoms with Crippen LogP contribution in [0, 0.1) is 0 Å². The van der Waals surface area contributed by atoms with Crippen molar-refractivity contribution in [2.45, 2.75) is 19.8 Å². The van der Waals surface area contributed by atoms with E-state index in [1.807, 2.05) is 0 Å². The van der Waals surface area contributed by atoms with E-state index in [9.17, 15) is 0 Å². The molecule has 0 saturated carbocycles. The van der Waals surface area contributed by atoms with Gasteiger partial charge in [0.05, 0.1) is 10.7 Å². The lowest BCUT2D eigenvalue weighted by molar-refractivity contribution is 0.863. The van der Waals surface area contributed by atoms with E-state index in [-0.39, 0.29) is 0 Å². The molecule has 1 heterocycles. The highest BCUT2D eigenvalue weighted by atomic mass is 15.0. The molecule has 2 nitrogen and oxygen atoms in total. The molecule has 62 valence electrons. The summed E-state index contributed by atoms with van der Waals surface area (Å²) in [5.41, 5.74) is 1.34. The van der Waals surface area contributed by atoms with Crippen LogP contribution in [0.4, 0.5) is 0 Å². The van der Waals surface area contributed by atoms with Crippen LogP contribution in [0.5, 0.6) is 0 Å². The van der Waals surface area contributed by atoms with Gasteiger partial charge in [0.15, 0.2) is 0 Å². The molecule has 0 saturated heterocycles. The lowest BCUT2D eigenvalue weighted by Gasteiger charge is -2.02. The molecule has 0 aromatic heterocycles. The summed E-state index contributed by atoms with van der Waals surface area (Å²) < 4.78 is 0. The van der Waals surface area contributed by atoms with Gasteiger partial charge in [0, 0.05) is 0 Å². The second-order valence-electron chi connectivity index (χ2n) is 3.36. The van der Waals surface area contributed by atoms with Crippen molar-refractivity contribution in [1.29, 1.82) is 0 Å². The number of hydrogen-bond acceptors (Lipinski definition) is 2. The van der Waals surface area contributed by atoms with E-state index < -0.39 is 0 Å². The van der Waals surface area contributed by atoms with Gasteiger partial charge in [-0.2, -0.15) is 0 Å². The Kier molecular flexibility index (Phi) is 1.68. The van der Waals surface area contributed by atoms with Crippen molar-refractivity contribution < 1.29 is 0 Å². The molecule has 0 spiro atoms. The standard InChI is InChI=1S/C10H12N2/c1-7(2)8-3-4-9-10(5-8)12-6-11-9/h3-5,7H,6H2,1-2H3. The summed E-state index contributed by atoms with van der Waals surface area (Å²) in [4.78, 5) is 8.51. The Hall–Kier alpha value is -1.18. The number of nitrogens with zero attached hydrogens (tertiary/aromatic N) is 2. The summed E-state index contributed by atoms with van der Waals surface area (Å²) in [5.74, 6) is 0.575. The first-order valence-corrected chi connectivity index (χ1v) is 4.26. The number of fused-ring (bicyclic) bond motifs is 1. The molecule has 0 aliphatic carbocycles. The second kappa shape index (κ2) is 2.70. The van der Waals surface area contributed by atoms with E-state index in [4.69, 9.17) is 0 Å². The highest BCUT2D eigenvalue weighted by Crippen LogP contribution is 2.09. The molecular weight excluding hydrogens is 148 g/mol. The van der Waals surface area contributed by atoms with Gasteiger partial charge in [-0.15, -0.1) is 0 Å². The molecule has 12 heavy (non-hydrogen) atoms. The maximum atomic E-state index is 4.28. The van der Waals surface area contributed by atoms with Gasteiger partial charge in [-0.3, -0.25) is 9.98 Å². The van der Waals surface area contributed by atoms with E-state index >= 15 is 0 Å². The zero-order chi connectivity index (χ0) is 8.55. The highest BCUT2D eigenvalue weighted by molar-refractivity contribution is 5.18. The predicted molar refractivity (Wildman–Crippen MR) is 47.7 cm³/mol. The van der Waals surface area contributed by atoms with Crippen LogP contribution in [-0.4, -0.2) is 6.67 Å². The van der Waals surface area contributed by atoms with Crippen LogP contribution in [0.2, 0.25) is 0 Å². The number of benzene rings is 1. The minimum atomic E-state index is 0.575. The summed E-state index contributed by atoms with van der Waals surface area (Å²) in [6, 6.07) is 6.32. The third-order valence-electron chi connectivity index (χ3n) is 2.15. The van der Waals surface area contributed by atoms with E-state index in [2.05, 4.69) is 42.0 Å². The minimum absolute atomic E-state index is 0.575. The predicted octanol–water partition coefficient (Wildman–Crippen LogP) is 1.02. The van der Waals surface area contributed by atoms with Crippen molar-refractivity contribution in [1.82, 2.24) is 0 Å². The third kappa shape index (κ3) is 1.13. The van der Waals surface area contributed by atoms with Crippen LogP contribution < -0.4 is 10.7 Å². The first-order chi connectivity index (χ1) is 5.77. The lowest BCUT2D eigenvalue weighted by Crippen LogP contribution is -2.21. The molecule has 0 radical (unpaired) electrons. The van der Waals surface area contributed by atoms with Gasteiger partial charge in [-0.25, -0.2) is 0 Å². The molecule has 0 unspecified atom stereocenters. The van der Waals surface area contributed by atoms with Crippen LogP contribution in [0.15, 0.2) is 28.2 Å². The van der Waals surface area contributed by atoms with Gasteiger partial charge in [-0.05, 0) is 23.6 Å². The highest BCUT2D eigenvalue weighted by Gasteiger charge is 2.01. The van der Waals surface area contributed by atoms with Crippen molar-refractivity contribution in [3.8, 4) is 0 Å². The number of hydrogen-bond donors (Lipinski definition) is 0. The van der Waals surface area contributed by atoms with Crippen LogP contribution >= 0.6 is 0 Å². The molecule has 2 rings (SSSR count). The topological polar surface area (TPSA) is 24.7 Å². The molecule has 0 amide bonds. The summed E-state index contributed by atoms with van der Waals surface area (Å²) in [6.45, 7) is 4.98. The van der Waals surface area contributed by atoms with Crippen molar-refractivity contribution in [2.24, 2.45) is 9.98 Å². The maximum absolute atomic E-state index is 4.28. The fourth-order valence-electron chi connectivity index (χ4n) is 1.35. The first kappa shape index (κ1) is 7.47. The van der Waals surface area contributed by atoms with Gasteiger partial charge in [0.25, 0.3) is 0 Å². The molecular formula is C10H12N2. The van der Waals surface area contributed by atoms with Gasteiger partial charge in [0.1, 0.15) is 6.67 Å². The van der Waals surface area contributed by atoms with Gasteiger partial charge in [0.2, 0.25) is 0 Å². The molecule has 0 bridgehead atoms. The zero-order valence-corrected chi connectivity index (χ0v) is 7.41. The average Bonchev–Trinajstić information content (AvgIpc) is 2.49. The molecule has 1 aromatic rings. The molecule has 0 fully saturated rings. The van der Waals surface area contributed by atoms with Crippen LogP contribution in [-0.2, 0) is 0 Å². The largest absolute Gasteiger partial charge is 0.260 e. The van der Waals surface area contributed by atoms with E-state index in [0.717, 1.165) is 10.7 Å².